The van der Waals surface area contributed by atoms with E-state index in [4.69, 9.17) is 5.14 Å². The number of hydrogen-bond donors (Lipinski definition) is 3. The van der Waals surface area contributed by atoms with Crippen LogP contribution in [0.1, 0.15) is 42.1 Å². The van der Waals surface area contributed by atoms with Crippen LogP contribution in [0.5, 0.6) is 0 Å². The average Bonchev–Trinajstić information content (AvgIpc) is 2.65. The summed E-state index contributed by atoms with van der Waals surface area (Å²) in [6.07, 6.45) is 7.23. The summed E-state index contributed by atoms with van der Waals surface area (Å²) in [6.45, 7) is 3.44. The Kier molecular flexibility index (Phi) is 7.75. The fraction of sp³-hybridized carbons (Fsp3) is 0.368. The molecule has 0 saturated carbocycles. The fourth-order valence-electron chi connectivity index (χ4n) is 2.54. The first kappa shape index (κ1) is 20.9. The highest BCUT2D eigenvalue weighted by atomic mass is 32.2. The quantitative estimate of drug-likeness (QED) is 0.539. The number of sulfonamides is 1. The second-order valence-corrected chi connectivity index (χ2v) is 7.85. The Morgan fingerprint density at radius 1 is 1.11 bits per heavy atom. The molecule has 0 atom stereocenters. The third-order valence-corrected chi connectivity index (χ3v) is 4.99. The second kappa shape index (κ2) is 10.0. The van der Waals surface area contributed by atoms with Crippen molar-refractivity contribution >= 4 is 21.6 Å². The molecule has 8 heteroatoms. The molecule has 0 bridgehead atoms. The normalized spacial score (nSPS) is 11.2. The van der Waals surface area contributed by atoms with E-state index in [-0.39, 0.29) is 10.8 Å². The highest BCUT2D eigenvalue weighted by Gasteiger charge is 2.08. The molecule has 0 aliphatic carbocycles. The number of nitrogens with zero attached hydrogens (tertiary/aromatic N) is 1. The van der Waals surface area contributed by atoms with E-state index in [0.29, 0.717) is 18.5 Å². The molecule has 1 aromatic heterocycles. The Hall–Kier alpha value is -2.45. The number of primary sulfonamides is 1. The maximum atomic E-state index is 12.3. The molecule has 146 valence electrons. The summed E-state index contributed by atoms with van der Waals surface area (Å²) < 4.78 is 22.5. The van der Waals surface area contributed by atoms with Gasteiger partial charge in [-0.3, -0.25) is 9.78 Å². The molecule has 2 aromatic rings. The van der Waals surface area contributed by atoms with E-state index in [9.17, 15) is 13.2 Å². The number of benzene rings is 1. The van der Waals surface area contributed by atoms with Crippen LogP contribution in [0.15, 0.2) is 47.6 Å². The van der Waals surface area contributed by atoms with Crippen LogP contribution < -0.4 is 15.8 Å². The molecule has 1 aromatic carbocycles. The van der Waals surface area contributed by atoms with Crippen LogP contribution in [-0.4, -0.2) is 32.4 Å². The SMILES string of the molecule is CCCCCNc1cncc(C(=O)NCCc2ccc(S(N)(=O)=O)cc2)c1. The third kappa shape index (κ3) is 6.99. The van der Waals surface area contributed by atoms with Gasteiger partial charge in [-0.25, -0.2) is 13.6 Å². The molecule has 27 heavy (non-hydrogen) atoms. The molecule has 7 nitrogen and oxygen atoms in total. The summed E-state index contributed by atoms with van der Waals surface area (Å²) in [5.74, 6) is -0.194. The van der Waals surface area contributed by atoms with Crippen molar-refractivity contribution in [3.63, 3.8) is 0 Å². The zero-order valence-corrected chi connectivity index (χ0v) is 16.3. The third-order valence-electron chi connectivity index (χ3n) is 4.06. The molecule has 0 saturated heterocycles. The summed E-state index contributed by atoms with van der Waals surface area (Å²) in [5.41, 5.74) is 2.24. The minimum Gasteiger partial charge on any atom is -0.384 e. The highest BCUT2D eigenvalue weighted by molar-refractivity contribution is 7.89. The molecular weight excluding hydrogens is 364 g/mol. The van der Waals surface area contributed by atoms with Crippen molar-refractivity contribution in [2.24, 2.45) is 5.14 Å². The van der Waals surface area contributed by atoms with Gasteiger partial charge in [0.2, 0.25) is 10.0 Å². The van der Waals surface area contributed by atoms with Gasteiger partial charge in [0.1, 0.15) is 0 Å². The lowest BCUT2D eigenvalue weighted by molar-refractivity contribution is 0.0954. The summed E-state index contributed by atoms with van der Waals surface area (Å²) in [7, 11) is -3.69. The first-order valence-corrected chi connectivity index (χ1v) is 10.5. The number of nitrogens with two attached hydrogens (primary N) is 1. The van der Waals surface area contributed by atoms with Crippen LogP contribution in [0.25, 0.3) is 0 Å². The Morgan fingerprint density at radius 3 is 2.52 bits per heavy atom. The van der Waals surface area contributed by atoms with E-state index in [2.05, 4.69) is 22.5 Å². The summed E-state index contributed by atoms with van der Waals surface area (Å²) in [5, 5.41) is 11.2. The summed E-state index contributed by atoms with van der Waals surface area (Å²) >= 11 is 0. The van der Waals surface area contributed by atoms with Crippen molar-refractivity contribution in [2.75, 3.05) is 18.4 Å². The molecule has 0 unspecified atom stereocenters. The fourth-order valence-corrected chi connectivity index (χ4v) is 3.05. The van der Waals surface area contributed by atoms with Gasteiger partial charge >= 0.3 is 0 Å². The smallest absolute Gasteiger partial charge is 0.252 e. The van der Waals surface area contributed by atoms with Gasteiger partial charge in [0.05, 0.1) is 16.1 Å². The molecular formula is C19H26N4O3S. The number of hydrogen-bond acceptors (Lipinski definition) is 5. The van der Waals surface area contributed by atoms with Crippen LogP contribution in [0.2, 0.25) is 0 Å². The van der Waals surface area contributed by atoms with Crippen molar-refractivity contribution in [3.05, 3.63) is 53.9 Å². The van der Waals surface area contributed by atoms with Crippen LogP contribution in [0, 0.1) is 0 Å². The number of anilines is 1. The van der Waals surface area contributed by atoms with Crippen LogP contribution in [0.3, 0.4) is 0 Å². The van der Waals surface area contributed by atoms with Crippen molar-refractivity contribution in [2.45, 2.75) is 37.5 Å². The van der Waals surface area contributed by atoms with E-state index in [0.717, 1.165) is 30.6 Å². The van der Waals surface area contributed by atoms with Crippen LogP contribution in [0.4, 0.5) is 5.69 Å². The van der Waals surface area contributed by atoms with Gasteiger partial charge in [0.25, 0.3) is 5.91 Å². The number of carbonyl (C=O) groups is 1. The van der Waals surface area contributed by atoms with Gasteiger partial charge in [-0.05, 0) is 36.6 Å². The second-order valence-electron chi connectivity index (χ2n) is 6.29. The van der Waals surface area contributed by atoms with Gasteiger partial charge in [-0.1, -0.05) is 31.9 Å². The Morgan fingerprint density at radius 2 is 1.85 bits per heavy atom. The van der Waals surface area contributed by atoms with Gasteiger partial charge < -0.3 is 10.6 Å². The lowest BCUT2D eigenvalue weighted by Gasteiger charge is -2.09. The number of unbranched alkanes of at least 4 members (excludes halogenated alkanes) is 2. The topological polar surface area (TPSA) is 114 Å². The van der Waals surface area contributed by atoms with E-state index < -0.39 is 10.0 Å². The molecule has 0 radical (unpaired) electrons. The molecule has 0 aliphatic rings. The molecule has 0 aliphatic heterocycles. The number of carbonyl (C=O) groups excluding carboxylic acids is 1. The van der Waals surface area contributed by atoms with Crippen molar-refractivity contribution in [3.8, 4) is 0 Å². The van der Waals surface area contributed by atoms with Crippen LogP contribution in [-0.2, 0) is 16.4 Å². The molecule has 0 fully saturated rings. The maximum absolute atomic E-state index is 12.3. The molecule has 1 heterocycles. The number of nitrogens with one attached hydrogen (secondary N) is 2. The molecule has 1 amide bonds. The molecule has 0 spiro atoms. The lowest BCUT2D eigenvalue weighted by atomic mass is 10.1. The first-order chi connectivity index (χ1) is 12.9. The van der Waals surface area contributed by atoms with Crippen molar-refractivity contribution < 1.29 is 13.2 Å². The van der Waals surface area contributed by atoms with Crippen LogP contribution >= 0.6 is 0 Å². The number of aromatic nitrogens is 1. The van der Waals surface area contributed by atoms with Gasteiger partial charge in [0.15, 0.2) is 0 Å². The van der Waals surface area contributed by atoms with Gasteiger partial charge in [0, 0.05) is 25.5 Å². The van der Waals surface area contributed by atoms with E-state index in [1.165, 1.54) is 24.8 Å². The van der Waals surface area contributed by atoms with Crippen molar-refractivity contribution in [1.82, 2.24) is 10.3 Å². The average molecular weight is 391 g/mol. The monoisotopic (exact) mass is 390 g/mol. The number of pyridine rings is 1. The number of amides is 1. The van der Waals surface area contributed by atoms with E-state index in [1.54, 1.807) is 24.4 Å². The minimum absolute atomic E-state index is 0.0737. The zero-order chi connectivity index (χ0) is 19.7. The zero-order valence-electron chi connectivity index (χ0n) is 15.4. The standard InChI is InChI=1S/C19H26N4O3S/c1-2-3-4-10-22-17-12-16(13-21-14-17)19(24)23-11-9-15-5-7-18(8-6-15)27(20,25)26/h5-8,12-14,22H,2-4,9-11H2,1H3,(H,23,24)(H2,20,25,26). The molecule has 2 rings (SSSR count). The summed E-state index contributed by atoms with van der Waals surface area (Å²) in [4.78, 5) is 16.5. The van der Waals surface area contributed by atoms with E-state index >= 15 is 0 Å². The molecule has 4 N–H and O–H groups in total. The van der Waals surface area contributed by atoms with Gasteiger partial charge in [-0.2, -0.15) is 0 Å². The van der Waals surface area contributed by atoms with Crippen molar-refractivity contribution in [1.29, 1.82) is 0 Å². The highest BCUT2D eigenvalue weighted by Crippen LogP contribution is 2.10. The largest absolute Gasteiger partial charge is 0.384 e. The first-order valence-electron chi connectivity index (χ1n) is 8.99. The summed E-state index contributed by atoms with van der Waals surface area (Å²) in [6, 6.07) is 8.09. The minimum atomic E-state index is -3.69. The number of rotatable bonds is 10. The van der Waals surface area contributed by atoms with Gasteiger partial charge in [-0.15, -0.1) is 0 Å². The predicted octanol–water partition coefficient (Wildman–Crippen LogP) is 2.30. The lowest BCUT2D eigenvalue weighted by Crippen LogP contribution is -2.26. The Balaban J connectivity index is 1.83. The maximum Gasteiger partial charge on any atom is 0.252 e. The predicted molar refractivity (Wildman–Crippen MR) is 106 cm³/mol. The Bertz CT molecular complexity index is 852. The Labute approximate surface area is 160 Å². The van der Waals surface area contributed by atoms with E-state index in [1.807, 2.05) is 0 Å².